The van der Waals surface area contributed by atoms with Crippen molar-refractivity contribution in [2.45, 2.75) is 81.5 Å². The van der Waals surface area contributed by atoms with E-state index in [1.807, 2.05) is 12.4 Å². The van der Waals surface area contributed by atoms with Crippen molar-refractivity contribution in [3.8, 4) is 0 Å². The number of hydrogen-bond acceptors (Lipinski definition) is 4. The first kappa shape index (κ1) is 22.0. The maximum absolute atomic E-state index is 7.53. The van der Waals surface area contributed by atoms with Crippen molar-refractivity contribution >= 4 is 10.8 Å². The Labute approximate surface area is 214 Å². The lowest BCUT2D eigenvalue weighted by atomic mass is 9.58. The highest BCUT2D eigenvalue weighted by Crippen LogP contribution is 2.69. The molecule has 0 radical (unpaired) electrons. The van der Waals surface area contributed by atoms with E-state index in [0.717, 1.165) is 26.3 Å². The number of pyridine rings is 1. The van der Waals surface area contributed by atoms with E-state index >= 15 is 0 Å². The third-order valence-corrected chi connectivity index (χ3v) is 11.3. The predicted molar refractivity (Wildman–Crippen MR) is 142 cm³/mol. The third-order valence-electron chi connectivity index (χ3n) is 11.3. The molecule has 2 saturated carbocycles. The lowest BCUT2D eigenvalue weighted by molar-refractivity contribution is -0.143. The number of hydrogen-bond donors (Lipinski definition) is 0. The van der Waals surface area contributed by atoms with Crippen LogP contribution in [0.25, 0.3) is 10.8 Å². The Morgan fingerprint density at radius 3 is 2.86 bits per heavy atom. The standard InChI is InChI=1S/C32H38N2O2/c1-30-10-8-26-19-25-4-5-27(34-14-16-35-17-15-34)20-31(25)11-12-32(26,36-31)29(30)7-6-28(30)23-3-2-22-9-13-33-21-24(22)18-23/h2-3,8-9,13,18-19,21,27-29H,4-7,10-12,14-17,20H2,1H3/t27-,28?,29-,30-,31-,32-/m1/s1. The first-order valence-corrected chi connectivity index (χ1v) is 14.4. The van der Waals surface area contributed by atoms with Crippen LogP contribution in [0, 0.1) is 11.3 Å². The molecule has 4 fully saturated rings. The number of ether oxygens (including phenoxy) is 2. The zero-order valence-corrected chi connectivity index (χ0v) is 21.5. The van der Waals surface area contributed by atoms with Crippen molar-refractivity contribution in [2.24, 2.45) is 11.3 Å². The number of allylic oxidation sites excluding steroid dienone is 1. The molecule has 6 atom stereocenters. The van der Waals surface area contributed by atoms with Gasteiger partial charge in [-0.05, 0) is 103 Å². The van der Waals surface area contributed by atoms with Gasteiger partial charge in [0.2, 0.25) is 0 Å². The maximum atomic E-state index is 7.53. The van der Waals surface area contributed by atoms with Gasteiger partial charge in [0, 0.05) is 36.9 Å². The first-order chi connectivity index (χ1) is 17.6. The fourth-order valence-electron chi connectivity index (χ4n) is 9.50. The number of benzene rings is 1. The predicted octanol–water partition coefficient (Wildman–Crippen LogP) is 6.18. The Hall–Kier alpha value is -2.01. The van der Waals surface area contributed by atoms with Gasteiger partial charge in [0.25, 0.3) is 0 Å². The molecule has 1 unspecified atom stereocenters. The number of fused-ring (bicyclic) bond motifs is 2. The lowest BCUT2D eigenvalue weighted by Crippen LogP contribution is -2.56. The van der Waals surface area contributed by atoms with Crippen molar-refractivity contribution in [2.75, 3.05) is 26.3 Å². The molecule has 188 valence electrons. The molecule has 8 rings (SSSR count). The summed E-state index contributed by atoms with van der Waals surface area (Å²) in [6.07, 6.45) is 18.9. The average Bonchev–Trinajstić information content (AvgIpc) is 3.43. The summed E-state index contributed by atoms with van der Waals surface area (Å²) in [6.45, 7) is 6.52. The Kier molecular flexibility index (Phi) is 4.74. The summed E-state index contributed by atoms with van der Waals surface area (Å²) < 4.78 is 13.2. The van der Waals surface area contributed by atoms with Crippen LogP contribution >= 0.6 is 0 Å². The minimum Gasteiger partial charge on any atom is -0.379 e. The van der Waals surface area contributed by atoms with E-state index in [9.17, 15) is 0 Å². The molecule has 2 spiro atoms. The molecule has 4 heteroatoms. The van der Waals surface area contributed by atoms with Crippen molar-refractivity contribution < 1.29 is 9.47 Å². The third kappa shape index (κ3) is 2.95. The second-order valence-electron chi connectivity index (χ2n) is 12.7. The normalized spacial score (nSPS) is 41.9. The molecule has 6 aliphatic rings. The highest BCUT2D eigenvalue weighted by molar-refractivity contribution is 5.82. The number of nitrogens with zero attached hydrogens (tertiary/aromatic N) is 2. The van der Waals surface area contributed by atoms with Crippen molar-refractivity contribution in [3.63, 3.8) is 0 Å². The summed E-state index contributed by atoms with van der Waals surface area (Å²) >= 11 is 0. The summed E-state index contributed by atoms with van der Waals surface area (Å²) in [5, 5.41) is 2.56. The Balaban J connectivity index is 1.13. The SMILES string of the molecule is C[C@]12CC=C3C=C4CC[C@@H](N5CCOCC5)C[C@]45CC[C@]3(O5)[C@@H]1CCC2c1ccc2ccncc2c1. The van der Waals surface area contributed by atoms with Crippen LogP contribution in [0.1, 0.15) is 69.8 Å². The number of morpholine rings is 1. The van der Waals surface area contributed by atoms with Gasteiger partial charge < -0.3 is 9.47 Å². The van der Waals surface area contributed by atoms with Gasteiger partial charge >= 0.3 is 0 Å². The Morgan fingerprint density at radius 1 is 1.03 bits per heavy atom. The monoisotopic (exact) mass is 482 g/mol. The number of aromatic nitrogens is 1. The average molecular weight is 483 g/mol. The van der Waals surface area contributed by atoms with Gasteiger partial charge in [-0.3, -0.25) is 9.88 Å². The molecule has 3 aliphatic heterocycles. The zero-order valence-electron chi connectivity index (χ0n) is 21.5. The van der Waals surface area contributed by atoms with Gasteiger partial charge in [-0.1, -0.05) is 31.2 Å². The molecular weight excluding hydrogens is 444 g/mol. The van der Waals surface area contributed by atoms with E-state index in [2.05, 4.69) is 53.2 Å². The van der Waals surface area contributed by atoms with E-state index in [-0.39, 0.29) is 16.6 Å². The van der Waals surface area contributed by atoms with Crippen LogP contribution in [0.15, 0.2) is 60.0 Å². The van der Waals surface area contributed by atoms with E-state index in [1.165, 1.54) is 73.3 Å². The van der Waals surface area contributed by atoms with E-state index in [1.54, 1.807) is 5.57 Å². The zero-order chi connectivity index (χ0) is 24.0. The van der Waals surface area contributed by atoms with Gasteiger partial charge in [0.05, 0.1) is 24.4 Å². The topological polar surface area (TPSA) is 34.6 Å². The van der Waals surface area contributed by atoms with E-state index < -0.39 is 0 Å². The molecule has 2 saturated heterocycles. The highest BCUT2D eigenvalue weighted by atomic mass is 16.5. The van der Waals surface area contributed by atoms with E-state index in [4.69, 9.17) is 9.47 Å². The van der Waals surface area contributed by atoms with Gasteiger partial charge in [-0.15, -0.1) is 0 Å². The second kappa shape index (κ2) is 7.75. The first-order valence-electron chi connectivity index (χ1n) is 14.4. The molecule has 3 aliphatic carbocycles. The quantitative estimate of drug-likeness (QED) is 0.512. The molecule has 2 bridgehead atoms. The van der Waals surface area contributed by atoms with Crippen LogP contribution < -0.4 is 0 Å². The molecule has 1 aromatic heterocycles. The molecule has 0 N–H and O–H groups in total. The molecule has 36 heavy (non-hydrogen) atoms. The summed E-state index contributed by atoms with van der Waals surface area (Å²) in [4.78, 5) is 7.09. The van der Waals surface area contributed by atoms with Crippen molar-refractivity contribution in [1.29, 1.82) is 0 Å². The maximum Gasteiger partial charge on any atom is 0.0974 e. The van der Waals surface area contributed by atoms with E-state index in [0.29, 0.717) is 17.9 Å². The van der Waals surface area contributed by atoms with Crippen molar-refractivity contribution in [3.05, 3.63) is 65.5 Å². The van der Waals surface area contributed by atoms with Crippen LogP contribution in [0.4, 0.5) is 0 Å². The van der Waals surface area contributed by atoms with Crippen LogP contribution in [0.2, 0.25) is 0 Å². The highest BCUT2D eigenvalue weighted by Gasteiger charge is 2.66. The molecule has 0 amide bonds. The molecule has 2 aromatic rings. The Bertz CT molecular complexity index is 1280. The minimum absolute atomic E-state index is 0.0243. The molecular formula is C32H38N2O2. The molecule has 4 heterocycles. The van der Waals surface area contributed by atoms with Gasteiger partial charge in [-0.25, -0.2) is 0 Å². The van der Waals surface area contributed by atoms with Gasteiger partial charge in [0.1, 0.15) is 0 Å². The van der Waals surface area contributed by atoms with Crippen LogP contribution in [-0.4, -0.2) is 53.4 Å². The minimum atomic E-state index is -0.0729. The summed E-state index contributed by atoms with van der Waals surface area (Å²) in [5.74, 6) is 1.18. The number of rotatable bonds is 2. The summed E-state index contributed by atoms with van der Waals surface area (Å²) in [7, 11) is 0. The van der Waals surface area contributed by atoms with Gasteiger partial charge in [0.15, 0.2) is 0 Å². The lowest BCUT2D eigenvalue weighted by Gasteiger charge is -2.55. The van der Waals surface area contributed by atoms with Crippen LogP contribution in [-0.2, 0) is 9.47 Å². The van der Waals surface area contributed by atoms with Crippen LogP contribution in [0.5, 0.6) is 0 Å². The van der Waals surface area contributed by atoms with Crippen molar-refractivity contribution in [1.82, 2.24) is 9.88 Å². The molecule has 4 nitrogen and oxygen atoms in total. The molecule has 1 aromatic carbocycles. The fourth-order valence-corrected chi connectivity index (χ4v) is 9.50. The Morgan fingerprint density at radius 2 is 1.94 bits per heavy atom. The van der Waals surface area contributed by atoms with Crippen LogP contribution in [0.3, 0.4) is 0 Å². The summed E-state index contributed by atoms with van der Waals surface area (Å²) in [6, 6.07) is 9.88. The second-order valence-corrected chi connectivity index (χ2v) is 12.7. The largest absolute Gasteiger partial charge is 0.379 e. The summed E-state index contributed by atoms with van der Waals surface area (Å²) in [5.41, 5.74) is 4.78. The smallest absolute Gasteiger partial charge is 0.0974 e. The van der Waals surface area contributed by atoms with Gasteiger partial charge in [-0.2, -0.15) is 0 Å². The fraction of sp³-hybridized carbons (Fsp3) is 0.594.